The van der Waals surface area contributed by atoms with Crippen molar-refractivity contribution < 1.29 is 9.26 Å². The molecule has 0 bridgehead atoms. The summed E-state index contributed by atoms with van der Waals surface area (Å²) in [5, 5.41) is 5.50. The second-order valence-corrected chi connectivity index (χ2v) is 7.87. The molecule has 8 heteroatoms. The molecule has 5 aromatic rings. The van der Waals surface area contributed by atoms with Crippen molar-refractivity contribution in [2.24, 2.45) is 0 Å². The maximum atomic E-state index is 12.8. The molecular weight excluding hydrogens is 416 g/mol. The monoisotopic (exact) mass is 434 g/mol. The highest BCUT2D eigenvalue weighted by Gasteiger charge is 2.20. The Hall–Kier alpha value is -3.58. The van der Waals surface area contributed by atoms with Crippen LogP contribution in [-0.2, 0) is 6.54 Å². The zero-order valence-electron chi connectivity index (χ0n) is 17.2. The molecule has 1 N–H and O–H groups in total. The number of methoxy groups -OCH3 is 1. The average Bonchev–Trinajstić information content (AvgIpc) is 3.25. The van der Waals surface area contributed by atoms with E-state index in [1.165, 1.54) is 0 Å². The number of aromatic nitrogens is 4. The number of aromatic amines is 1. The van der Waals surface area contributed by atoms with Crippen molar-refractivity contribution in [3.05, 3.63) is 75.1 Å². The molecule has 0 radical (unpaired) electrons. The van der Waals surface area contributed by atoms with E-state index in [0.717, 1.165) is 38.8 Å². The molecule has 5 rings (SSSR count). The maximum absolute atomic E-state index is 12.8. The van der Waals surface area contributed by atoms with Gasteiger partial charge in [0, 0.05) is 16.0 Å². The molecule has 31 heavy (non-hydrogen) atoms. The number of hydrogen-bond donors (Lipinski definition) is 1. The first-order chi connectivity index (χ1) is 15.0. The van der Waals surface area contributed by atoms with Gasteiger partial charge in [-0.25, -0.2) is 4.79 Å². The molecule has 0 fully saturated rings. The van der Waals surface area contributed by atoms with Gasteiger partial charge in [-0.2, -0.15) is 0 Å². The van der Waals surface area contributed by atoms with Gasteiger partial charge < -0.3 is 14.2 Å². The van der Waals surface area contributed by atoms with Gasteiger partial charge in [0.25, 0.3) is 0 Å². The van der Waals surface area contributed by atoms with Crippen molar-refractivity contribution >= 4 is 33.5 Å². The number of fused-ring (bicyclic) bond motifs is 3. The molecule has 0 spiro atoms. The fraction of sp³-hybridized carbons (Fsp3) is 0.174. The summed E-state index contributed by atoms with van der Waals surface area (Å²) in [6.07, 6.45) is 1.68. The highest BCUT2D eigenvalue weighted by Crippen LogP contribution is 2.38. The lowest BCUT2D eigenvalue weighted by atomic mass is 10.0. The van der Waals surface area contributed by atoms with Gasteiger partial charge in [0.2, 0.25) is 0 Å². The lowest BCUT2D eigenvalue weighted by Crippen LogP contribution is -2.17. The van der Waals surface area contributed by atoms with Crippen molar-refractivity contribution in [1.82, 2.24) is 19.7 Å². The van der Waals surface area contributed by atoms with Crippen molar-refractivity contribution in [3.8, 4) is 16.9 Å². The SMILES string of the molecule is COc1cc2c(cc1-c1c(C)noc1C)ncc1[nH]c(=O)n(Cc3cccc(Cl)c3)c12. The Morgan fingerprint density at radius 2 is 2.06 bits per heavy atom. The first kappa shape index (κ1) is 19.4. The molecular formula is C23H19ClN4O3. The Bertz CT molecular complexity index is 1490. The lowest BCUT2D eigenvalue weighted by molar-refractivity contribution is 0.393. The van der Waals surface area contributed by atoms with E-state index in [4.69, 9.17) is 20.9 Å². The van der Waals surface area contributed by atoms with E-state index in [0.29, 0.717) is 28.6 Å². The Labute approximate surface area is 182 Å². The Balaban J connectivity index is 1.77. The Morgan fingerprint density at radius 1 is 1.23 bits per heavy atom. The third-order valence-corrected chi connectivity index (χ3v) is 5.68. The van der Waals surface area contributed by atoms with Crippen LogP contribution in [-0.4, -0.2) is 26.8 Å². The van der Waals surface area contributed by atoms with Crippen molar-refractivity contribution in [3.63, 3.8) is 0 Å². The zero-order valence-corrected chi connectivity index (χ0v) is 17.9. The van der Waals surface area contributed by atoms with Crippen LogP contribution in [0.25, 0.3) is 33.1 Å². The van der Waals surface area contributed by atoms with Gasteiger partial charge in [0.15, 0.2) is 0 Å². The normalized spacial score (nSPS) is 11.5. The Morgan fingerprint density at radius 3 is 2.77 bits per heavy atom. The van der Waals surface area contributed by atoms with Crippen molar-refractivity contribution in [2.45, 2.75) is 20.4 Å². The van der Waals surface area contributed by atoms with E-state index in [1.54, 1.807) is 17.9 Å². The molecule has 3 aromatic heterocycles. The summed E-state index contributed by atoms with van der Waals surface area (Å²) in [4.78, 5) is 20.2. The van der Waals surface area contributed by atoms with E-state index in [2.05, 4.69) is 15.1 Å². The number of benzene rings is 2. The van der Waals surface area contributed by atoms with Crippen LogP contribution in [0.15, 0.2) is 51.9 Å². The van der Waals surface area contributed by atoms with Gasteiger partial charge in [0.1, 0.15) is 11.5 Å². The fourth-order valence-corrected chi connectivity index (χ4v) is 4.29. The predicted molar refractivity (Wildman–Crippen MR) is 120 cm³/mol. The van der Waals surface area contributed by atoms with Gasteiger partial charge in [-0.3, -0.25) is 9.55 Å². The number of imidazole rings is 1. The number of rotatable bonds is 4. The highest BCUT2D eigenvalue weighted by molar-refractivity contribution is 6.30. The summed E-state index contributed by atoms with van der Waals surface area (Å²) >= 11 is 6.13. The van der Waals surface area contributed by atoms with Crippen LogP contribution in [0.1, 0.15) is 17.0 Å². The topological polar surface area (TPSA) is 85.9 Å². The van der Waals surface area contributed by atoms with Gasteiger partial charge >= 0.3 is 5.69 Å². The largest absolute Gasteiger partial charge is 0.496 e. The molecule has 2 aromatic carbocycles. The molecule has 0 saturated heterocycles. The molecule has 0 saturated carbocycles. The molecule has 0 aliphatic rings. The zero-order chi connectivity index (χ0) is 21.7. The van der Waals surface area contributed by atoms with Crippen LogP contribution in [0.3, 0.4) is 0 Å². The Kier molecular flexibility index (Phi) is 4.55. The second-order valence-electron chi connectivity index (χ2n) is 7.44. The van der Waals surface area contributed by atoms with E-state index in [9.17, 15) is 4.79 Å². The maximum Gasteiger partial charge on any atom is 0.326 e. The third kappa shape index (κ3) is 3.18. The van der Waals surface area contributed by atoms with Crippen molar-refractivity contribution in [2.75, 3.05) is 7.11 Å². The summed E-state index contributed by atoms with van der Waals surface area (Å²) in [5.74, 6) is 1.36. The standard InChI is InChI=1S/C23H19ClN4O3/c1-12-21(13(2)31-27-12)17-8-18-16(9-20(17)30-3)22-19(10-25-18)26-23(29)28(22)11-14-5-4-6-15(24)7-14/h4-10H,11H2,1-3H3,(H,26,29). The summed E-state index contributed by atoms with van der Waals surface area (Å²) in [5.41, 5.74) is 5.38. The van der Waals surface area contributed by atoms with Crippen LogP contribution in [0.5, 0.6) is 5.75 Å². The van der Waals surface area contributed by atoms with Crippen LogP contribution in [0.4, 0.5) is 0 Å². The summed E-state index contributed by atoms with van der Waals surface area (Å²) in [6.45, 7) is 4.14. The van der Waals surface area contributed by atoms with Gasteiger partial charge in [-0.05, 0) is 43.7 Å². The van der Waals surface area contributed by atoms with Crippen LogP contribution < -0.4 is 10.4 Å². The third-order valence-electron chi connectivity index (χ3n) is 5.45. The minimum Gasteiger partial charge on any atom is -0.496 e. The smallest absolute Gasteiger partial charge is 0.326 e. The molecule has 7 nitrogen and oxygen atoms in total. The number of nitrogens with zero attached hydrogens (tertiary/aromatic N) is 3. The fourth-order valence-electron chi connectivity index (χ4n) is 4.07. The molecule has 3 heterocycles. The molecule has 156 valence electrons. The van der Waals surface area contributed by atoms with Crippen molar-refractivity contribution in [1.29, 1.82) is 0 Å². The van der Waals surface area contributed by atoms with E-state index in [1.807, 2.05) is 50.2 Å². The second kappa shape index (κ2) is 7.28. The number of ether oxygens (including phenoxy) is 1. The van der Waals surface area contributed by atoms with Gasteiger partial charge in [0.05, 0.1) is 47.7 Å². The summed E-state index contributed by atoms with van der Waals surface area (Å²) in [6, 6.07) is 11.3. The molecule has 0 amide bonds. The quantitative estimate of drug-likeness (QED) is 0.436. The molecule has 0 unspecified atom stereocenters. The number of nitrogens with one attached hydrogen (secondary N) is 1. The first-order valence-electron chi connectivity index (χ1n) is 9.73. The van der Waals surface area contributed by atoms with Gasteiger partial charge in [-0.1, -0.05) is 28.9 Å². The first-order valence-corrected chi connectivity index (χ1v) is 10.1. The predicted octanol–water partition coefficient (Wildman–Crippen LogP) is 4.86. The van der Waals surface area contributed by atoms with Crippen LogP contribution >= 0.6 is 11.6 Å². The van der Waals surface area contributed by atoms with E-state index < -0.39 is 0 Å². The summed E-state index contributed by atoms with van der Waals surface area (Å²) in [7, 11) is 1.62. The number of halogens is 1. The van der Waals surface area contributed by atoms with E-state index in [-0.39, 0.29) is 5.69 Å². The lowest BCUT2D eigenvalue weighted by Gasteiger charge is -2.12. The number of H-pyrrole nitrogens is 1. The average molecular weight is 435 g/mol. The highest BCUT2D eigenvalue weighted by atomic mass is 35.5. The van der Waals surface area contributed by atoms with Crippen LogP contribution in [0.2, 0.25) is 5.02 Å². The minimum absolute atomic E-state index is 0.210. The van der Waals surface area contributed by atoms with E-state index >= 15 is 0 Å². The number of aryl methyl sites for hydroxylation is 2. The van der Waals surface area contributed by atoms with Gasteiger partial charge in [-0.15, -0.1) is 0 Å². The molecule has 0 aliphatic heterocycles. The molecule has 0 aliphatic carbocycles. The molecule has 0 atom stereocenters. The van der Waals surface area contributed by atoms with Crippen LogP contribution in [0, 0.1) is 13.8 Å². The number of pyridine rings is 1. The number of hydrogen-bond acceptors (Lipinski definition) is 5. The summed E-state index contributed by atoms with van der Waals surface area (Å²) < 4.78 is 12.7. The minimum atomic E-state index is -0.210.